The molecule has 4 aromatic rings. The van der Waals surface area contributed by atoms with Gasteiger partial charge in [0.05, 0.1) is 17.0 Å². The Morgan fingerprint density at radius 1 is 1.00 bits per heavy atom. The normalized spacial score (nSPS) is 17.7. The summed E-state index contributed by atoms with van der Waals surface area (Å²) in [5.74, 6) is 5.41. The van der Waals surface area contributed by atoms with Gasteiger partial charge < -0.3 is 14.6 Å². The molecular formula is C23H26N8O. The summed E-state index contributed by atoms with van der Waals surface area (Å²) in [7, 11) is 2.09. The Labute approximate surface area is 185 Å². The number of imidazole rings is 1. The maximum absolute atomic E-state index is 10.2. The number of aliphatic hydroxyl groups is 1. The molecule has 1 aliphatic carbocycles. The molecule has 0 radical (unpaired) electrons. The van der Waals surface area contributed by atoms with Gasteiger partial charge in [-0.15, -0.1) is 5.10 Å². The smallest absolute Gasteiger partial charge is 0.162 e. The van der Waals surface area contributed by atoms with E-state index in [1.165, 1.54) is 0 Å². The summed E-state index contributed by atoms with van der Waals surface area (Å²) in [6, 6.07) is 10.2. The second-order valence-electron chi connectivity index (χ2n) is 8.94. The van der Waals surface area contributed by atoms with Gasteiger partial charge in [-0.3, -0.25) is 0 Å². The number of hydrogen-bond acceptors (Lipinski definition) is 7. The van der Waals surface area contributed by atoms with E-state index in [2.05, 4.69) is 44.8 Å². The number of aliphatic hydroxyl groups excluding tert-OH is 1. The first-order valence-electron chi connectivity index (χ1n) is 11.1. The molecule has 2 aliphatic rings. The molecule has 1 saturated heterocycles. The van der Waals surface area contributed by atoms with Gasteiger partial charge in [0.25, 0.3) is 0 Å². The molecule has 0 bridgehead atoms. The van der Waals surface area contributed by atoms with Crippen molar-refractivity contribution in [3.8, 4) is 5.82 Å². The van der Waals surface area contributed by atoms with Crippen molar-refractivity contribution in [2.24, 2.45) is 7.05 Å². The molecule has 2 fully saturated rings. The third kappa shape index (κ3) is 3.15. The van der Waals surface area contributed by atoms with Crippen LogP contribution in [0.5, 0.6) is 0 Å². The lowest BCUT2D eigenvalue weighted by molar-refractivity contribution is 0.186. The van der Waals surface area contributed by atoms with Gasteiger partial charge in [-0.25, -0.2) is 19.9 Å². The molecular weight excluding hydrogens is 404 g/mol. The van der Waals surface area contributed by atoms with Crippen LogP contribution in [0.15, 0.2) is 30.3 Å². The molecule has 32 heavy (non-hydrogen) atoms. The van der Waals surface area contributed by atoms with Gasteiger partial charge in [-0.1, -0.05) is 12.1 Å². The lowest BCUT2D eigenvalue weighted by Crippen LogP contribution is -2.46. The van der Waals surface area contributed by atoms with E-state index in [1.54, 1.807) is 11.6 Å². The highest BCUT2D eigenvalue weighted by Gasteiger charge is 2.35. The average Bonchev–Trinajstić information content (AvgIpc) is 3.45. The Balaban J connectivity index is 1.32. The number of nitrogens with zero attached hydrogens (tertiary/aromatic N) is 8. The quantitative estimate of drug-likeness (QED) is 0.520. The van der Waals surface area contributed by atoms with E-state index in [0.29, 0.717) is 29.3 Å². The van der Waals surface area contributed by atoms with Crippen LogP contribution >= 0.6 is 0 Å². The van der Waals surface area contributed by atoms with Gasteiger partial charge in [0.2, 0.25) is 0 Å². The molecule has 0 amide bonds. The van der Waals surface area contributed by atoms with Crippen molar-refractivity contribution in [1.82, 2.24) is 34.3 Å². The lowest BCUT2D eigenvalue weighted by atomic mass is 9.99. The van der Waals surface area contributed by atoms with E-state index in [4.69, 9.17) is 15.0 Å². The Morgan fingerprint density at radius 2 is 1.75 bits per heavy atom. The third-order valence-corrected chi connectivity index (χ3v) is 6.38. The van der Waals surface area contributed by atoms with E-state index in [0.717, 1.165) is 54.4 Å². The van der Waals surface area contributed by atoms with Crippen molar-refractivity contribution in [2.45, 2.75) is 44.6 Å². The molecule has 1 saturated carbocycles. The number of aryl methyl sites for hydroxylation is 2. The number of rotatable bonds is 5. The van der Waals surface area contributed by atoms with Gasteiger partial charge in [0.1, 0.15) is 29.4 Å². The number of fused-ring (bicyclic) bond motifs is 1. The largest absolute Gasteiger partial charge is 0.385 e. The number of hydrogen-bond donors (Lipinski definition) is 1. The van der Waals surface area contributed by atoms with Crippen molar-refractivity contribution in [2.75, 3.05) is 18.0 Å². The fourth-order valence-corrected chi connectivity index (χ4v) is 4.46. The van der Waals surface area contributed by atoms with Crippen molar-refractivity contribution >= 4 is 16.9 Å². The van der Waals surface area contributed by atoms with E-state index in [-0.39, 0.29) is 0 Å². The predicted octanol–water partition coefficient (Wildman–Crippen LogP) is 2.79. The maximum Gasteiger partial charge on any atom is 0.162 e. The Kier molecular flexibility index (Phi) is 4.29. The third-order valence-electron chi connectivity index (χ3n) is 6.38. The monoisotopic (exact) mass is 430 g/mol. The number of anilines is 1. The summed E-state index contributed by atoms with van der Waals surface area (Å²) in [4.78, 5) is 21.2. The first kappa shape index (κ1) is 19.4. The topological polar surface area (TPSA) is 97.8 Å². The molecule has 1 aliphatic heterocycles. The maximum atomic E-state index is 10.2. The molecule has 1 aromatic carbocycles. The van der Waals surface area contributed by atoms with E-state index in [1.807, 2.05) is 19.1 Å². The van der Waals surface area contributed by atoms with Crippen LogP contribution in [0.4, 0.5) is 5.82 Å². The fourth-order valence-electron chi connectivity index (χ4n) is 4.46. The molecule has 0 spiro atoms. The Bertz CT molecular complexity index is 1310. The van der Waals surface area contributed by atoms with Crippen LogP contribution in [-0.4, -0.2) is 52.5 Å². The van der Waals surface area contributed by atoms with Crippen molar-refractivity contribution in [3.05, 3.63) is 53.6 Å². The molecule has 6 rings (SSSR count). The highest BCUT2D eigenvalue weighted by Crippen LogP contribution is 2.40. The molecule has 1 atom stereocenters. The number of aromatic nitrogens is 7. The van der Waals surface area contributed by atoms with Crippen LogP contribution in [0.1, 0.15) is 61.0 Å². The fraction of sp³-hybridized carbons (Fsp3) is 0.435. The van der Waals surface area contributed by atoms with Gasteiger partial charge in [0, 0.05) is 32.1 Å². The van der Waals surface area contributed by atoms with Crippen LogP contribution < -0.4 is 4.90 Å². The van der Waals surface area contributed by atoms with E-state index < -0.39 is 6.10 Å². The van der Waals surface area contributed by atoms with Crippen LogP contribution in [0.2, 0.25) is 0 Å². The van der Waals surface area contributed by atoms with Crippen LogP contribution in [0.3, 0.4) is 0 Å². The minimum absolute atomic E-state index is 0.358. The molecule has 3 aromatic heterocycles. The lowest BCUT2D eigenvalue weighted by Gasteiger charge is -2.39. The second kappa shape index (κ2) is 7.09. The Hall–Kier alpha value is -3.33. The highest BCUT2D eigenvalue weighted by molar-refractivity contribution is 5.76. The van der Waals surface area contributed by atoms with Gasteiger partial charge in [-0.2, -0.15) is 4.68 Å². The second-order valence-corrected chi connectivity index (χ2v) is 8.94. The number of benzene rings is 1. The standard InChI is InChI=1S/C23H26N8O/c1-13(32)22-24-14(2)28-31(22)20-10-19(26-21(27-20)15-8-9-15)30-11-16(12-30)23-25-17-6-4-5-7-18(17)29(23)3/h4-7,10,13,15-16,32H,8-9,11-12H2,1-3H3. The highest BCUT2D eigenvalue weighted by atomic mass is 16.3. The van der Waals surface area contributed by atoms with Crippen molar-refractivity contribution in [3.63, 3.8) is 0 Å². The summed E-state index contributed by atoms with van der Waals surface area (Å²) in [6.07, 6.45) is 1.50. The first-order valence-corrected chi connectivity index (χ1v) is 11.1. The van der Waals surface area contributed by atoms with Crippen molar-refractivity contribution < 1.29 is 5.11 Å². The molecule has 1 N–H and O–H groups in total. The van der Waals surface area contributed by atoms with Gasteiger partial charge >= 0.3 is 0 Å². The summed E-state index contributed by atoms with van der Waals surface area (Å²) in [5.41, 5.74) is 2.20. The zero-order valence-electron chi connectivity index (χ0n) is 18.5. The molecule has 4 heterocycles. The SMILES string of the molecule is Cc1nc(C(C)O)n(-c2cc(N3CC(c4nc5ccccc5n4C)C3)nc(C3CC3)n2)n1. The molecule has 9 nitrogen and oxygen atoms in total. The van der Waals surface area contributed by atoms with Crippen LogP contribution in [-0.2, 0) is 7.05 Å². The minimum Gasteiger partial charge on any atom is -0.385 e. The summed E-state index contributed by atoms with van der Waals surface area (Å²) < 4.78 is 3.85. The molecule has 164 valence electrons. The summed E-state index contributed by atoms with van der Waals surface area (Å²) in [6.45, 7) is 5.23. The predicted molar refractivity (Wildman–Crippen MR) is 120 cm³/mol. The van der Waals surface area contributed by atoms with Gasteiger partial charge in [0.15, 0.2) is 11.6 Å². The van der Waals surface area contributed by atoms with E-state index in [9.17, 15) is 5.11 Å². The summed E-state index contributed by atoms with van der Waals surface area (Å²) in [5, 5.41) is 14.7. The number of para-hydroxylation sites is 2. The zero-order valence-corrected chi connectivity index (χ0v) is 18.5. The zero-order chi connectivity index (χ0) is 22.0. The van der Waals surface area contributed by atoms with Gasteiger partial charge in [-0.05, 0) is 38.8 Å². The van der Waals surface area contributed by atoms with Crippen LogP contribution in [0.25, 0.3) is 16.9 Å². The molecule has 1 unspecified atom stereocenters. The molecule has 9 heteroatoms. The van der Waals surface area contributed by atoms with Crippen molar-refractivity contribution in [1.29, 1.82) is 0 Å². The minimum atomic E-state index is -0.732. The van der Waals surface area contributed by atoms with Crippen LogP contribution in [0, 0.1) is 6.92 Å². The van der Waals surface area contributed by atoms with E-state index >= 15 is 0 Å². The summed E-state index contributed by atoms with van der Waals surface area (Å²) >= 11 is 0. The average molecular weight is 431 g/mol. The Morgan fingerprint density at radius 3 is 2.47 bits per heavy atom. The first-order chi connectivity index (χ1) is 15.5.